The Bertz CT molecular complexity index is 885. The van der Waals surface area contributed by atoms with E-state index in [1.165, 1.54) is 19.1 Å². The fourth-order valence-electron chi connectivity index (χ4n) is 3.04. The molecule has 0 saturated heterocycles. The van der Waals surface area contributed by atoms with Gasteiger partial charge in [-0.15, -0.1) is 0 Å². The van der Waals surface area contributed by atoms with Crippen molar-refractivity contribution in [2.45, 2.75) is 33.2 Å². The normalized spacial score (nSPS) is 11.6. The number of carbonyl (C=O) groups excluding carboxylic acids is 3. The van der Waals surface area contributed by atoms with Crippen LogP contribution in [0.4, 0.5) is 15.8 Å². The van der Waals surface area contributed by atoms with Gasteiger partial charge in [-0.1, -0.05) is 19.1 Å². The van der Waals surface area contributed by atoms with Gasteiger partial charge in [0.25, 0.3) is 0 Å². The van der Waals surface area contributed by atoms with E-state index in [1.54, 1.807) is 48.2 Å². The first-order valence-electron chi connectivity index (χ1n) is 10.2. The molecule has 0 aliphatic carbocycles. The maximum Gasteiger partial charge on any atom is 0.238 e. The number of anilines is 2. The highest BCUT2D eigenvalue weighted by Gasteiger charge is 2.22. The molecule has 8 heteroatoms. The Hall–Kier alpha value is -3.26. The number of amides is 3. The third-order valence-electron chi connectivity index (χ3n) is 4.80. The molecule has 1 atom stereocenters. The standard InChI is InChI=1S/C23H29FN4O3/c1-4-28(15-22(30)27-21-11-9-20(10-12-21)26-17(3)29)16(2)23(31)25-14-13-18-5-7-19(24)8-6-18/h5-12,16H,4,13-15H2,1-3H3,(H,25,31)(H,26,29)(H,27,30)/t16-/m0/s1. The fourth-order valence-corrected chi connectivity index (χ4v) is 3.04. The molecule has 0 aromatic heterocycles. The summed E-state index contributed by atoms with van der Waals surface area (Å²) >= 11 is 0. The number of hydrogen-bond acceptors (Lipinski definition) is 4. The van der Waals surface area contributed by atoms with Crippen molar-refractivity contribution in [3.63, 3.8) is 0 Å². The summed E-state index contributed by atoms with van der Waals surface area (Å²) in [6.07, 6.45) is 0.597. The van der Waals surface area contributed by atoms with Crippen LogP contribution in [-0.2, 0) is 20.8 Å². The number of hydrogen-bond donors (Lipinski definition) is 3. The zero-order chi connectivity index (χ0) is 22.8. The Morgan fingerprint density at radius 1 is 0.968 bits per heavy atom. The molecule has 31 heavy (non-hydrogen) atoms. The Morgan fingerprint density at radius 3 is 2.10 bits per heavy atom. The van der Waals surface area contributed by atoms with Crippen molar-refractivity contribution >= 4 is 29.1 Å². The van der Waals surface area contributed by atoms with E-state index < -0.39 is 6.04 Å². The Labute approximate surface area is 182 Å². The van der Waals surface area contributed by atoms with Gasteiger partial charge in [-0.25, -0.2) is 4.39 Å². The van der Waals surface area contributed by atoms with Crippen molar-refractivity contribution in [1.29, 1.82) is 0 Å². The van der Waals surface area contributed by atoms with Gasteiger partial charge in [0.1, 0.15) is 5.82 Å². The molecule has 2 aromatic rings. The molecule has 0 saturated carbocycles. The largest absolute Gasteiger partial charge is 0.354 e. The lowest BCUT2D eigenvalue weighted by molar-refractivity contribution is -0.127. The highest BCUT2D eigenvalue weighted by Crippen LogP contribution is 2.13. The molecule has 3 amide bonds. The molecule has 3 N–H and O–H groups in total. The molecule has 2 aromatic carbocycles. The monoisotopic (exact) mass is 428 g/mol. The average molecular weight is 429 g/mol. The smallest absolute Gasteiger partial charge is 0.238 e. The van der Waals surface area contributed by atoms with Crippen LogP contribution in [0, 0.1) is 5.82 Å². The minimum absolute atomic E-state index is 0.0660. The van der Waals surface area contributed by atoms with Gasteiger partial charge in [-0.2, -0.15) is 0 Å². The van der Waals surface area contributed by atoms with E-state index in [0.29, 0.717) is 30.9 Å². The maximum atomic E-state index is 13.0. The number of nitrogens with one attached hydrogen (secondary N) is 3. The Balaban J connectivity index is 1.81. The van der Waals surface area contributed by atoms with Crippen molar-refractivity contribution < 1.29 is 18.8 Å². The maximum absolute atomic E-state index is 13.0. The molecule has 0 fully saturated rings. The highest BCUT2D eigenvalue weighted by atomic mass is 19.1. The fraction of sp³-hybridized carbons (Fsp3) is 0.348. The van der Waals surface area contributed by atoms with Crippen molar-refractivity contribution in [1.82, 2.24) is 10.2 Å². The molecule has 0 aliphatic rings. The van der Waals surface area contributed by atoms with E-state index in [9.17, 15) is 18.8 Å². The summed E-state index contributed by atoms with van der Waals surface area (Å²) in [4.78, 5) is 37.7. The quantitative estimate of drug-likeness (QED) is 0.543. The summed E-state index contributed by atoms with van der Waals surface area (Å²) in [5.74, 6) is -0.862. The Morgan fingerprint density at radius 2 is 1.55 bits per heavy atom. The summed E-state index contributed by atoms with van der Waals surface area (Å²) in [5, 5.41) is 8.32. The highest BCUT2D eigenvalue weighted by molar-refractivity contribution is 5.93. The molecule has 0 radical (unpaired) electrons. The molecule has 166 valence electrons. The predicted molar refractivity (Wildman–Crippen MR) is 119 cm³/mol. The SMILES string of the molecule is CCN(CC(=O)Nc1ccc(NC(C)=O)cc1)[C@@H](C)C(=O)NCCc1ccc(F)cc1. The van der Waals surface area contributed by atoms with E-state index in [0.717, 1.165) is 5.56 Å². The van der Waals surface area contributed by atoms with E-state index in [2.05, 4.69) is 16.0 Å². The second-order valence-corrected chi connectivity index (χ2v) is 7.21. The van der Waals surface area contributed by atoms with Crippen LogP contribution in [0.1, 0.15) is 26.3 Å². The summed E-state index contributed by atoms with van der Waals surface area (Å²) in [5.41, 5.74) is 2.18. The molecule has 2 rings (SSSR count). The van der Waals surface area contributed by atoms with Gasteiger partial charge in [-0.3, -0.25) is 19.3 Å². The molecule has 0 aliphatic heterocycles. The number of nitrogens with zero attached hydrogens (tertiary/aromatic N) is 1. The van der Waals surface area contributed by atoms with Crippen molar-refractivity contribution in [2.75, 3.05) is 30.3 Å². The summed E-state index contributed by atoms with van der Waals surface area (Å²) in [6.45, 7) is 6.09. The first-order chi connectivity index (χ1) is 14.8. The number of likely N-dealkylation sites (N-methyl/N-ethyl adjacent to an activating group) is 1. The van der Waals surface area contributed by atoms with E-state index in [-0.39, 0.29) is 30.1 Å². The molecule has 7 nitrogen and oxygen atoms in total. The van der Waals surface area contributed by atoms with Gasteiger partial charge in [0.2, 0.25) is 17.7 Å². The first kappa shape index (κ1) is 24.0. The predicted octanol–water partition coefficient (Wildman–Crippen LogP) is 2.79. The zero-order valence-corrected chi connectivity index (χ0v) is 18.1. The lowest BCUT2D eigenvalue weighted by Crippen LogP contribution is -2.48. The number of halogens is 1. The molecular weight excluding hydrogens is 399 g/mol. The molecule has 0 heterocycles. The topological polar surface area (TPSA) is 90.5 Å². The van der Waals surface area contributed by atoms with Crippen LogP contribution in [0.3, 0.4) is 0 Å². The van der Waals surface area contributed by atoms with Gasteiger partial charge < -0.3 is 16.0 Å². The van der Waals surface area contributed by atoms with Crippen LogP contribution >= 0.6 is 0 Å². The summed E-state index contributed by atoms with van der Waals surface area (Å²) in [7, 11) is 0. The molecule has 0 unspecified atom stereocenters. The summed E-state index contributed by atoms with van der Waals surface area (Å²) < 4.78 is 13.0. The lowest BCUT2D eigenvalue weighted by atomic mass is 10.1. The van der Waals surface area contributed by atoms with Crippen LogP contribution in [0.2, 0.25) is 0 Å². The van der Waals surface area contributed by atoms with Gasteiger partial charge in [0.05, 0.1) is 12.6 Å². The van der Waals surface area contributed by atoms with Crippen molar-refractivity contribution in [2.24, 2.45) is 0 Å². The lowest BCUT2D eigenvalue weighted by Gasteiger charge is -2.26. The van der Waals surface area contributed by atoms with Crippen LogP contribution in [0.15, 0.2) is 48.5 Å². The minimum Gasteiger partial charge on any atom is -0.354 e. The Kier molecular flexibility index (Phi) is 9.14. The molecular formula is C23H29FN4O3. The van der Waals surface area contributed by atoms with Crippen molar-refractivity contribution in [3.05, 3.63) is 59.9 Å². The van der Waals surface area contributed by atoms with Crippen LogP contribution in [0.5, 0.6) is 0 Å². The zero-order valence-electron chi connectivity index (χ0n) is 18.1. The second kappa shape index (κ2) is 11.8. The van der Waals surface area contributed by atoms with Crippen molar-refractivity contribution in [3.8, 4) is 0 Å². The van der Waals surface area contributed by atoms with Gasteiger partial charge >= 0.3 is 0 Å². The number of carbonyl (C=O) groups is 3. The summed E-state index contributed by atoms with van der Waals surface area (Å²) in [6, 6.07) is 12.5. The first-order valence-corrected chi connectivity index (χ1v) is 10.2. The molecule has 0 spiro atoms. The van der Waals surface area contributed by atoms with Crippen LogP contribution in [0.25, 0.3) is 0 Å². The van der Waals surface area contributed by atoms with Gasteiger partial charge in [0, 0.05) is 24.8 Å². The minimum atomic E-state index is -0.480. The number of rotatable bonds is 10. The second-order valence-electron chi connectivity index (χ2n) is 7.21. The average Bonchev–Trinajstić information content (AvgIpc) is 2.74. The van der Waals surface area contributed by atoms with Crippen LogP contribution in [-0.4, -0.2) is 48.3 Å². The number of benzene rings is 2. The van der Waals surface area contributed by atoms with Crippen LogP contribution < -0.4 is 16.0 Å². The molecule has 0 bridgehead atoms. The van der Waals surface area contributed by atoms with E-state index >= 15 is 0 Å². The third kappa shape index (κ3) is 8.18. The van der Waals surface area contributed by atoms with E-state index in [1.807, 2.05) is 6.92 Å². The van der Waals surface area contributed by atoms with Gasteiger partial charge in [-0.05, 0) is 61.9 Å². The van der Waals surface area contributed by atoms with Gasteiger partial charge in [0.15, 0.2) is 0 Å². The third-order valence-corrected chi connectivity index (χ3v) is 4.80. The van der Waals surface area contributed by atoms with E-state index in [4.69, 9.17) is 0 Å².